The molecule has 78 valence electrons. The highest BCUT2D eigenvalue weighted by molar-refractivity contribution is 4.78. The third kappa shape index (κ3) is 3.65. The second kappa shape index (κ2) is 5.61. The molecule has 1 saturated heterocycles. The quantitative estimate of drug-likeness (QED) is 0.723. The molecular formula is C11H23NO. The van der Waals surface area contributed by atoms with E-state index < -0.39 is 0 Å². The molecule has 0 amide bonds. The summed E-state index contributed by atoms with van der Waals surface area (Å²) in [6, 6.07) is 0.653. The minimum Gasteiger partial charge on any atom is -0.381 e. The maximum absolute atomic E-state index is 5.51. The van der Waals surface area contributed by atoms with Crippen LogP contribution in [0.3, 0.4) is 0 Å². The fourth-order valence-corrected chi connectivity index (χ4v) is 2.14. The first-order chi connectivity index (χ1) is 6.24. The lowest BCUT2D eigenvalue weighted by molar-refractivity contribution is 0.0372. The molecule has 13 heavy (non-hydrogen) atoms. The molecule has 0 bridgehead atoms. The van der Waals surface area contributed by atoms with Crippen molar-refractivity contribution in [2.75, 3.05) is 20.3 Å². The summed E-state index contributed by atoms with van der Waals surface area (Å²) in [6.45, 7) is 6.49. The summed E-state index contributed by atoms with van der Waals surface area (Å²) in [6.07, 6.45) is 3.84. The van der Waals surface area contributed by atoms with Crippen molar-refractivity contribution in [3.63, 3.8) is 0 Å². The molecule has 0 aromatic heterocycles. The Labute approximate surface area is 82.0 Å². The molecule has 1 rings (SSSR count). The summed E-state index contributed by atoms with van der Waals surface area (Å²) in [5.74, 6) is 1.51. The normalized spacial score (nSPS) is 26.3. The molecule has 0 aromatic rings. The zero-order valence-electron chi connectivity index (χ0n) is 9.18. The van der Waals surface area contributed by atoms with Gasteiger partial charge in [0.15, 0.2) is 0 Å². The van der Waals surface area contributed by atoms with Gasteiger partial charge in [0, 0.05) is 12.6 Å². The first-order valence-corrected chi connectivity index (χ1v) is 5.49. The van der Waals surface area contributed by atoms with Gasteiger partial charge in [-0.05, 0) is 38.1 Å². The predicted molar refractivity (Wildman–Crippen MR) is 55.8 cm³/mol. The first-order valence-electron chi connectivity index (χ1n) is 5.49. The van der Waals surface area contributed by atoms with Gasteiger partial charge < -0.3 is 10.1 Å². The zero-order valence-corrected chi connectivity index (χ0v) is 9.18. The van der Waals surface area contributed by atoms with Gasteiger partial charge in [0.1, 0.15) is 0 Å². The standard InChI is InChI=1S/C11H23NO/c1-9(2)7-11(12-3)10-5-4-6-13-8-10/h9-12H,4-8H2,1-3H3. The summed E-state index contributed by atoms with van der Waals surface area (Å²) in [7, 11) is 2.07. The number of hydrogen-bond acceptors (Lipinski definition) is 2. The van der Waals surface area contributed by atoms with Gasteiger partial charge in [-0.25, -0.2) is 0 Å². The fraction of sp³-hybridized carbons (Fsp3) is 1.00. The van der Waals surface area contributed by atoms with E-state index in [9.17, 15) is 0 Å². The van der Waals surface area contributed by atoms with Crippen molar-refractivity contribution in [2.45, 2.75) is 39.2 Å². The number of hydrogen-bond donors (Lipinski definition) is 1. The van der Waals surface area contributed by atoms with Gasteiger partial charge in [0.2, 0.25) is 0 Å². The van der Waals surface area contributed by atoms with Crippen molar-refractivity contribution in [1.29, 1.82) is 0 Å². The number of nitrogens with one attached hydrogen (secondary N) is 1. The average molecular weight is 185 g/mol. The van der Waals surface area contributed by atoms with E-state index >= 15 is 0 Å². The number of ether oxygens (including phenoxy) is 1. The lowest BCUT2D eigenvalue weighted by Crippen LogP contribution is -2.39. The Morgan fingerprint density at radius 2 is 2.23 bits per heavy atom. The van der Waals surface area contributed by atoms with Gasteiger partial charge >= 0.3 is 0 Å². The van der Waals surface area contributed by atoms with Crippen LogP contribution in [0, 0.1) is 11.8 Å². The third-order valence-corrected chi connectivity index (χ3v) is 2.86. The van der Waals surface area contributed by atoms with Gasteiger partial charge in [-0.2, -0.15) is 0 Å². The van der Waals surface area contributed by atoms with Crippen LogP contribution in [0.15, 0.2) is 0 Å². The molecule has 0 aromatic carbocycles. The lowest BCUT2D eigenvalue weighted by atomic mass is 9.88. The molecule has 1 heterocycles. The number of rotatable bonds is 4. The Balaban J connectivity index is 2.34. The Hall–Kier alpha value is -0.0800. The van der Waals surface area contributed by atoms with E-state index in [1.165, 1.54) is 19.3 Å². The largest absolute Gasteiger partial charge is 0.381 e. The van der Waals surface area contributed by atoms with E-state index in [1.807, 2.05) is 0 Å². The van der Waals surface area contributed by atoms with E-state index in [4.69, 9.17) is 4.74 Å². The molecule has 0 saturated carbocycles. The highest BCUT2D eigenvalue weighted by Crippen LogP contribution is 2.21. The van der Waals surface area contributed by atoms with Gasteiger partial charge in [0.05, 0.1) is 6.61 Å². The molecule has 1 aliphatic heterocycles. The molecule has 2 heteroatoms. The van der Waals surface area contributed by atoms with Crippen LogP contribution in [0.4, 0.5) is 0 Å². The third-order valence-electron chi connectivity index (χ3n) is 2.86. The van der Waals surface area contributed by atoms with E-state index in [-0.39, 0.29) is 0 Å². The minimum atomic E-state index is 0.653. The summed E-state index contributed by atoms with van der Waals surface area (Å²) in [4.78, 5) is 0. The summed E-state index contributed by atoms with van der Waals surface area (Å²) in [5.41, 5.74) is 0. The summed E-state index contributed by atoms with van der Waals surface area (Å²) in [5, 5.41) is 3.42. The predicted octanol–water partition coefficient (Wildman–Crippen LogP) is 2.05. The smallest absolute Gasteiger partial charge is 0.0509 e. The van der Waals surface area contributed by atoms with Crippen LogP contribution < -0.4 is 5.32 Å². The lowest BCUT2D eigenvalue weighted by Gasteiger charge is -2.31. The molecular weight excluding hydrogens is 162 g/mol. The topological polar surface area (TPSA) is 21.3 Å². The molecule has 0 spiro atoms. The molecule has 2 unspecified atom stereocenters. The fourth-order valence-electron chi connectivity index (χ4n) is 2.14. The Bertz CT molecular complexity index is 130. The molecule has 2 nitrogen and oxygen atoms in total. The van der Waals surface area contributed by atoms with E-state index in [1.54, 1.807) is 0 Å². The average Bonchev–Trinajstić information content (AvgIpc) is 2.15. The van der Waals surface area contributed by atoms with Gasteiger partial charge in [-0.3, -0.25) is 0 Å². The molecule has 1 N–H and O–H groups in total. The monoisotopic (exact) mass is 185 g/mol. The van der Waals surface area contributed by atoms with Crippen molar-refractivity contribution in [1.82, 2.24) is 5.32 Å². The molecule has 1 fully saturated rings. The van der Waals surface area contributed by atoms with Crippen LogP contribution in [0.25, 0.3) is 0 Å². The summed E-state index contributed by atoms with van der Waals surface area (Å²) < 4.78 is 5.51. The van der Waals surface area contributed by atoms with Crippen LogP contribution in [-0.4, -0.2) is 26.3 Å². The van der Waals surface area contributed by atoms with Gasteiger partial charge in [0.25, 0.3) is 0 Å². The highest BCUT2D eigenvalue weighted by atomic mass is 16.5. The van der Waals surface area contributed by atoms with Crippen molar-refractivity contribution in [3.8, 4) is 0 Å². The van der Waals surface area contributed by atoms with Crippen LogP contribution in [0.1, 0.15) is 33.1 Å². The molecule has 0 radical (unpaired) electrons. The van der Waals surface area contributed by atoms with Crippen LogP contribution in [0.2, 0.25) is 0 Å². The Morgan fingerprint density at radius 1 is 1.46 bits per heavy atom. The second-order valence-electron chi connectivity index (χ2n) is 4.50. The Kier molecular flexibility index (Phi) is 4.74. The van der Waals surface area contributed by atoms with E-state index in [2.05, 4.69) is 26.2 Å². The highest BCUT2D eigenvalue weighted by Gasteiger charge is 2.23. The minimum absolute atomic E-state index is 0.653. The van der Waals surface area contributed by atoms with Crippen molar-refractivity contribution < 1.29 is 4.74 Å². The van der Waals surface area contributed by atoms with E-state index in [0.717, 1.165) is 25.0 Å². The molecule has 1 aliphatic rings. The maximum Gasteiger partial charge on any atom is 0.0509 e. The van der Waals surface area contributed by atoms with Crippen molar-refractivity contribution in [3.05, 3.63) is 0 Å². The zero-order chi connectivity index (χ0) is 9.68. The van der Waals surface area contributed by atoms with Crippen LogP contribution in [0.5, 0.6) is 0 Å². The van der Waals surface area contributed by atoms with Crippen molar-refractivity contribution in [2.24, 2.45) is 11.8 Å². The molecule has 2 atom stereocenters. The van der Waals surface area contributed by atoms with Gasteiger partial charge in [-0.1, -0.05) is 13.8 Å². The van der Waals surface area contributed by atoms with E-state index in [0.29, 0.717) is 6.04 Å². The first kappa shape index (κ1) is 11.0. The Morgan fingerprint density at radius 3 is 2.69 bits per heavy atom. The van der Waals surface area contributed by atoms with Crippen LogP contribution >= 0.6 is 0 Å². The SMILES string of the molecule is CNC(CC(C)C)C1CCCOC1. The molecule has 0 aliphatic carbocycles. The maximum atomic E-state index is 5.51. The second-order valence-corrected chi connectivity index (χ2v) is 4.50. The van der Waals surface area contributed by atoms with Gasteiger partial charge in [-0.15, -0.1) is 0 Å². The van der Waals surface area contributed by atoms with Crippen LogP contribution in [-0.2, 0) is 4.74 Å². The van der Waals surface area contributed by atoms with Crippen molar-refractivity contribution >= 4 is 0 Å². The summed E-state index contributed by atoms with van der Waals surface area (Å²) >= 11 is 0.